The predicted molar refractivity (Wildman–Crippen MR) is 89.1 cm³/mol. The minimum atomic E-state index is 0.574. The van der Waals surface area contributed by atoms with Crippen LogP contribution in [0.1, 0.15) is 38.7 Å². The van der Waals surface area contributed by atoms with E-state index in [0.29, 0.717) is 4.83 Å². The Balaban J connectivity index is 2.12. The van der Waals surface area contributed by atoms with Gasteiger partial charge in [-0.25, -0.2) is 0 Å². The van der Waals surface area contributed by atoms with Crippen LogP contribution < -0.4 is 0 Å². The van der Waals surface area contributed by atoms with Crippen LogP contribution in [0.2, 0.25) is 0 Å². The van der Waals surface area contributed by atoms with E-state index in [1.165, 1.54) is 35.6 Å². The molecule has 0 heterocycles. The van der Waals surface area contributed by atoms with Gasteiger partial charge in [0.15, 0.2) is 0 Å². The van der Waals surface area contributed by atoms with Gasteiger partial charge in [-0.3, -0.25) is 0 Å². The summed E-state index contributed by atoms with van der Waals surface area (Å²) in [5.41, 5.74) is 1.46. The maximum Gasteiger partial charge on any atom is 0.0212 e. The second-order valence-corrected chi connectivity index (χ2v) is 6.65. The lowest BCUT2D eigenvalue weighted by atomic mass is 9.94. The third-order valence-electron chi connectivity index (χ3n) is 3.93. The summed E-state index contributed by atoms with van der Waals surface area (Å²) in [7, 11) is 0. The average molecular weight is 319 g/mol. The zero-order chi connectivity index (χ0) is 13.7. The molecule has 0 fully saturated rings. The summed E-state index contributed by atoms with van der Waals surface area (Å²) in [6.07, 6.45) is 5.06. The van der Waals surface area contributed by atoms with Gasteiger partial charge < -0.3 is 0 Å². The Morgan fingerprint density at radius 3 is 2.58 bits per heavy atom. The summed E-state index contributed by atoms with van der Waals surface area (Å²) in [4.78, 5) is 0.574. The van der Waals surface area contributed by atoms with Gasteiger partial charge in [0.05, 0.1) is 0 Å². The molecule has 0 nitrogen and oxygen atoms in total. The van der Waals surface area contributed by atoms with E-state index in [-0.39, 0.29) is 0 Å². The van der Waals surface area contributed by atoms with Gasteiger partial charge in [0.2, 0.25) is 0 Å². The molecule has 0 aliphatic heterocycles. The lowest BCUT2D eigenvalue weighted by Gasteiger charge is -2.19. The summed E-state index contributed by atoms with van der Waals surface area (Å²) < 4.78 is 0. The second kappa shape index (κ2) is 7.09. The Bertz CT molecular complexity index is 513. The van der Waals surface area contributed by atoms with Crippen LogP contribution in [0.5, 0.6) is 0 Å². The molecule has 0 radical (unpaired) electrons. The van der Waals surface area contributed by atoms with Gasteiger partial charge in [0.1, 0.15) is 0 Å². The van der Waals surface area contributed by atoms with Crippen LogP contribution in [0, 0.1) is 5.92 Å². The monoisotopic (exact) mass is 318 g/mol. The van der Waals surface area contributed by atoms with Crippen LogP contribution >= 0.6 is 15.9 Å². The molecule has 0 saturated carbocycles. The number of fused-ring (bicyclic) bond motifs is 1. The molecular weight excluding hydrogens is 296 g/mol. The summed E-state index contributed by atoms with van der Waals surface area (Å²) >= 11 is 3.90. The molecular formula is C18H23Br. The molecule has 0 bridgehead atoms. The van der Waals surface area contributed by atoms with E-state index >= 15 is 0 Å². The Kier molecular flexibility index (Phi) is 5.45. The van der Waals surface area contributed by atoms with Gasteiger partial charge in [0, 0.05) is 4.83 Å². The number of unbranched alkanes of at least 4 members (excludes halogenated alkanes) is 1. The van der Waals surface area contributed by atoms with Crippen molar-refractivity contribution in [2.75, 3.05) is 0 Å². The molecule has 2 atom stereocenters. The first kappa shape index (κ1) is 14.6. The van der Waals surface area contributed by atoms with E-state index in [9.17, 15) is 0 Å². The van der Waals surface area contributed by atoms with Crippen molar-refractivity contribution < 1.29 is 0 Å². The van der Waals surface area contributed by atoms with Gasteiger partial charge in [-0.05, 0) is 35.1 Å². The molecule has 2 aromatic rings. The maximum atomic E-state index is 3.90. The number of rotatable bonds is 6. The fourth-order valence-electron chi connectivity index (χ4n) is 2.59. The highest BCUT2D eigenvalue weighted by molar-refractivity contribution is 9.09. The van der Waals surface area contributed by atoms with Crippen molar-refractivity contribution in [3.8, 4) is 0 Å². The van der Waals surface area contributed by atoms with E-state index < -0.39 is 0 Å². The standard InChI is InChI=1S/C18H23Br/c1-3-4-8-14(2)18(19)13-16-11-7-10-15-9-5-6-12-17(15)16/h5-7,9-12,14,18H,3-4,8,13H2,1-2H3. The molecule has 0 aliphatic rings. The normalized spacial score (nSPS) is 14.5. The maximum absolute atomic E-state index is 3.90. The summed E-state index contributed by atoms with van der Waals surface area (Å²) in [5.74, 6) is 0.735. The number of benzene rings is 2. The molecule has 1 heteroatoms. The zero-order valence-corrected chi connectivity index (χ0v) is 13.5. The van der Waals surface area contributed by atoms with Gasteiger partial charge >= 0.3 is 0 Å². The Labute approximate surface area is 125 Å². The van der Waals surface area contributed by atoms with Crippen LogP contribution in [0.15, 0.2) is 42.5 Å². The van der Waals surface area contributed by atoms with Crippen LogP contribution in [-0.2, 0) is 6.42 Å². The van der Waals surface area contributed by atoms with Gasteiger partial charge in [-0.2, -0.15) is 0 Å². The van der Waals surface area contributed by atoms with E-state index in [0.717, 1.165) is 12.3 Å². The Hall–Kier alpha value is -0.820. The molecule has 2 unspecified atom stereocenters. The van der Waals surface area contributed by atoms with Gasteiger partial charge in [0.25, 0.3) is 0 Å². The molecule has 0 spiro atoms. The first-order valence-electron chi connectivity index (χ1n) is 7.33. The average Bonchev–Trinajstić information content (AvgIpc) is 2.45. The first-order valence-corrected chi connectivity index (χ1v) is 8.24. The molecule has 2 rings (SSSR count). The minimum absolute atomic E-state index is 0.574. The van der Waals surface area contributed by atoms with Crippen LogP contribution in [-0.4, -0.2) is 4.83 Å². The zero-order valence-electron chi connectivity index (χ0n) is 11.9. The van der Waals surface area contributed by atoms with Crippen molar-refractivity contribution >= 4 is 26.7 Å². The quantitative estimate of drug-likeness (QED) is 0.575. The van der Waals surface area contributed by atoms with Gasteiger partial charge in [-0.15, -0.1) is 0 Å². The van der Waals surface area contributed by atoms with Crippen molar-refractivity contribution in [2.24, 2.45) is 5.92 Å². The van der Waals surface area contributed by atoms with Crippen LogP contribution in [0.25, 0.3) is 10.8 Å². The Morgan fingerprint density at radius 2 is 1.79 bits per heavy atom. The third kappa shape index (κ3) is 3.82. The summed E-state index contributed by atoms with van der Waals surface area (Å²) in [5, 5.41) is 2.75. The fourth-order valence-corrected chi connectivity index (χ4v) is 3.20. The molecule has 2 aromatic carbocycles. The minimum Gasteiger partial charge on any atom is -0.0884 e. The van der Waals surface area contributed by atoms with Crippen molar-refractivity contribution in [3.05, 3.63) is 48.0 Å². The van der Waals surface area contributed by atoms with E-state index in [2.05, 4.69) is 72.2 Å². The van der Waals surface area contributed by atoms with Crippen LogP contribution in [0.4, 0.5) is 0 Å². The number of alkyl halides is 1. The highest BCUT2D eigenvalue weighted by Crippen LogP contribution is 2.26. The molecule has 0 saturated heterocycles. The summed E-state index contributed by atoms with van der Waals surface area (Å²) in [6.45, 7) is 4.63. The SMILES string of the molecule is CCCCC(C)C(Br)Cc1cccc2ccccc12. The molecule has 0 aliphatic carbocycles. The molecule has 0 N–H and O–H groups in total. The van der Waals surface area contributed by atoms with Crippen LogP contribution in [0.3, 0.4) is 0 Å². The van der Waals surface area contributed by atoms with Crippen molar-refractivity contribution in [2.45, 2.75) is 44.4 Å². The third-order valence-corrected chi connectivity index (χ3v) is 5.15. The van der Waals surface area contributed by atoms with Gasteiger partial charge in [-0.1, -0.05) is 85.1 Å². The van der Waals surface area contributed by atoms with Crippen molar-refractivity contribution in [3.63, 3.8) is 0 Å². The predicted octanol–water partition coefficient (Wildman–Crippen LogP) is 5.97. The van der Waals surface area contributed by atoms with E-state index in [1.54, 1.807) is 0 Å². The highest BCUT2D eigenvalue weighted by Gasteiger charge is 2.15. The molecule has 19 heavy (non-hydrogen) atoms. The molecule has 0 amide bonds. The number of hydrogen-bond acceptors (Lipinski definition) is 0. The Morgan fingerprint density at radius 1 is 1.05 bits per heavy atom. The molecule has 102 valence electrons. The summed E-state index contributed by atoms with van der Waals surface area (Å²) in [6, 6.07) is 15.3. The van der Waals surface area contributed by atoms with E-state index in [4.69, 9.17) is 0 Å². The lowest BCUT2D eigenvalue weighted by molar-refractivity contribution is 0.489. The smallest absolute Gasteiger partial charge is 0.0212 e. The van der Waals surface area contributed by atoms with Crippen molar-refractivity contribution in [1.29, 1.82) is 0 Å². The topological polar surface area (TPSA) is 0 Å². The molecule has 0 aromatic heterocycles. The number of hydrogen-bond donors (Lipinski definition) is 0. The highest BCUT2D eigenvalue weighted by atomic mass is 79.9. The fraction of sp³-hybridized carbons (Fsp3) is 0.444. The van der Waals surface area contributed by atoms with E-state index in [1.807, 2.05) is 0 Å². The largest absolute Gasteiger partial charge is 0.0884 e. The second-order valence-electron chi connectivity index (χ2n) is 5.48. The number of halogens is 1. The van der Waals surface area contributed by atoms with Crippen molar-refractivity contribution in [1.82, 2.24) is 0 Å². The first-order chi connectivity index (χ1) is 9.22. The lowest BCUT2D eigenvalue weighted by Crippen LogP contribution is -2.14.